The molecule has 1 heterocycles. The molecule has 90 valence electrons. The van der Waals surface area contributed by atoms with Gasteiger partial charge in [0.15, 0.2) is 0 Å². The minimum Gasteiger partial charge on any atom is -0.352 e. The molecule has 3 heteroatoms. The number of aromatic nitrogens is 1. The molecule has 0 bridgehead atoms. The first-order valence-electron chi connectivity index (χ1n) is 5.98. The molecule has 1 aromatic rings. The molecular formula is C13H21ClN2. The fourth-order valence-electron chi connectivity index (χ4n) is 1.98. The number of nitrogens with zero attached hydrogens (tertiary/aromatic N) is 2. The Morgan fingerprint density at radius 2 is 2.06 bits per heavy atom. The molecule has 1 aromatic heterocycles. The van der Waals surface area contributed by atoms with Crippen LogP contribution < -0.4 is 4.90 Å². The molecule has 0 N–H and O–H groups in total. The van der Waals surface area contributed by atoms with Crippen molar-refractivity contribution in [3.8, 4) is 0 Å². The third-order valence-corrected chi connectivity index (χ3v) is 3.07. The van der Waals surface area contributed by atoms with Crippen molar-refractivity contribution in [2.24, 2.45) is 0 Å². The minimum absolute atomic E-state index is 0.535. The van der Waals surface area contributed by atoms with E-state index >= 15 is 0 Å². The fraction of sp³-hybridized carbons (Fsp3) is 0.615. The van der Waals surface area contributed by atoms with Gasteiger partial charge in [0.1, 0.15) is 5.82 Å². The first-order valence-corrected chi connectivity index (χ1v) is 6.51. The van der Waals surface area contributed by atoms with Gasteiger partial charge in [-0.3, -0.25) is 0 Å². The van der Waals surface area contributed by atoms with E-state index < -0.39 is 0 Å². The van der Waals surface area contributed by atoms with Gasteiger partial charge in [-0.1, -0.05) is 13.8 Å². The van der Waals surface area contributed by atoms with Gasteiger partial charge in [-0.25, -0.2) is 4.98 Å². The quantitative estimate of drug-likeness (QED) is 0.706. The topological polar surface area (TPSA) is 16.1 Å². The van der Waals surface area contributed by atoms with Crippen molar-refractivity contribution in [2.45, 2.75) is 39.7 Å². The molecule has 0 saturated heterocycles. The molecule has 0 aromatic carbocycles. The van der Waals surface area contributed by atoms with Crippen molar-refractivity contribution in [1.29, 1.82) is 0 Å². The average Bonchev–Trinajstić information content (AvgIpc) is 2.29. The summed E-state index contributed by atoms with van der Waals surface area (Å²) in [5.41, 5.74) is 1.25. The van der Waals surface area contributed by atoms with E-state index in [2.05, 4.69) is 36.7 Å². The zero-order chi connectivity index (χ0) is 12.0. The lowest BCUT2D eigenvalue weighted by Gasteiger charge is -2.31. The molecule has 0 amide bonds. The standard InChI is InChI=1S/C13H21ClN2/c1-4-12(5-2)16(9-7-14)13-10-11(3)6-8-15-13/h6,8,10,12H,4-5,7,9H2,1-3H3. The third-order valence-electron chi connectivity index (χ3n) is 2.90. The van der Waals surface area contributed by atoms with Crippen molar-refractivity contribution in [3.05, 3.63) is 23.9 Å². The summed E-state index contributed by atoms with van der Waals surface area (Å²) in [5, 5.41) is 0. The van der Waals surface area contributed by atoms with Gasteiger partial charge in [-0.05, 0) is 37.5 Å². The SMILES string of the molecule is CCC(CC)N(CCCl)c1cc(C)ccn1. The first-order chi connectivity index (χ1) is 7.72. The summed E-state index contributed by atoms with van der Waals surface area (Å²) in [6.45, 7) is 7.39. The summed E-state index contributed by atoms with van der Waals surface area (Å²) < 4.78 is 0. The van der Waals surface area contributed by atoms with E-state index in [0.29, 0.717) is 11.9 Å². The minimum atomic E-state index is 0.535. The normalized spacial score (nSPS) is 10.8. The molecule has 0 aliphatic carbocycles. The van der Waals surface area contributed by atoms with Crippen LogP contribution in [0.2, 0.25) is 0 Å². The summed E-state index contributed by atoms with van der Waals surface area (Å²) in [6.07, 6.45) is 4.13. The van der Waals surface area contributed by atoms with Crippen LogP contribution in [0.25, 0.3) is 0 Å². The largest absolute Gasteiger partial charge is 0.352 e. The van der Waals surface area contributed by atoms with Crippen LogP contribution in [0.5, 0.6) is 0 Å². The molecule has 0 saturated carbocycles. The van der Waals surface area contributed by atoms with Gasteiger partial charge in [0.2, 0.25) is 0 Å². The van der Waals surface area contributed by atoms with Crippen LogP contribution in [0.4, 0.5) is 5.82 Å². The van der Waals surface area contributed by atoms with E-state index in [1.807, 2.05) is 12.3 Å². The second kappa shape index (κ2) is 6.74. The van der Waals surface area contributed by atoms with Gasteiger partial charge in [0.05, 0.1) is 0 Å². The average molecular weight is 241 g/mol. The molecule has 0 aliphatic heterocycles. The highest BCUT2D eigenvalue weighted by atomic mass is 35.5. The Hall–Kier alpha value is -0.760. The van der Waals surface area contributed by atoms with Crippen LogP contribution in [-0.4, -0.2) is 23.5 Å². The Bertz CT molecular complexity index is 311. The second-order valence-electron chi connectivity index (χ2n) is 4.04. The maximum absolute atomic E-state index is 5.87. The summed E-state index contributed by atoms with van der Waals surface area (Å²) >= 11 is 5.87. The molecule has 0 aliphatic rings. The number of hydrogen-bond acceptors (Lipinski definition) is 2. The highest BCUT2D eigenvalue weighted by Crippen LogP contribution is 2.18. The zero-order valence-corrected chi connectivity index (χ0v) is 11.2. The molecule has 0 unspecified atom stereocenters. The van der Waals surface area contributed by atoms with E-state index in [0.717, 1.165) is 25.2 Å². The first kappa shape index (κ1) is 13.3. The molecule has 2 nitrogen and oxygen atoms in total. The lowest BCUT2D eigenvalue weighted by molar-refractivity contribution is 0.562. The Morgan fingerprint density at radius 1 is 1.38 bits per heavy atom. The lowest BCUT2D eigenvalue weighted by Crippen LogP contribution is -2.36. The van der Waals surface area contributed by atoms with E-state index in [4.69, 9.17) is 11.6 Å². The van der Waals surface area contributed by atoms with Gasteiger partial charge in [0.25, 0.3) is 0 Å². The number of hydrogen-bond donors (Lipinski definition) is 0. The molecule has 16 heavy (non-hydrogen) atoms. The third kappa shape index (κ3) is 3.38. The highest BCUT2D eigenvalue weighted by molar-refractivity contribution is 6.18. The van der Waals surface area contributed by atoms with Crippen molar-refractivity contribution in [3.63, 3.8) is 0 Å². The van der Waals surface area contributed by atoms with E-state index in [9.17, 15) is 0 Å². The molecular weight excluding hydrogens is 220 g/mol. The van der Waals surface area contributed by atoms with E-state index in [-0.39, 0.29) is 0 Å². The summed E-state index contributed by atoms with van der Waals surface area (Å²) in [7, 11) is 0. The van der Waals surface area contributed by atoms with Crippen LogP contribution >= 0.6 is 11.6 Å². The van der Waals surface area contributed by atoms with E-state index in [1.165, 1.54) is 5.56 Å². The molecule has 0 radical (unpaired) electrons. The second-order valence-corrected chi connectivity index (χ2v) is 4.42. The summed E-state index contributed by atoms with van der Waals surface area (Å²) in [6, 6.07) is 4.69. The molecule has 0 fully saturated rings. The van der Waals surface area contributed by atoms with Crippen LogP contribution in [0, 0.1) is 6.92 Å². The van der Waals surface area contributed by atoms with Gasteiger partial charge >= 0.3 is 0 Å². The van der Waals surface area contributed by atoms with Crippen LogP contribution in [0.15, 0.2) is 18.3 Å². The smallest absolute Gasteiger partial charge is 0.129 e. The predicted octanol–water partition coefficient (Wildman–Crippen LogP) is 3.62. The van der Waals surface area contributed by atoms with Gasteiger partial charge in [-0.2, -0.15) is 0 Å². The fourth-order valence-corrected chi connectivity index (χ4v) is 2.16. The zero-order valence-electron chi connectivity index (χ0n) is 10.4. The lowest BCUT2D eigenvalue weighted by atomic mass is 10.1. The van der Waals surface area contributed by atoms with Crippen LogP contribution in [-0.2, 0) is 0 Å². The van der Waals surface area contributed by atoms with Crippen molar-refractivity contribution in [1.82, 2.24) is 4.98 Å². The Kier molecular flexibility index (Phi) is 5.61. The number of anilines is 1. The van der Waals surface area contributed by atoms with Crippen LogP contribution in [0.3, 0.4) is 0 Å². The highest BCUT2D eigenvalue weighted by Gasteiger charge is 2.15. The van der Waals surface area contributed by atoms with Crippen molar-refractivity contribution in [2.75, 3.05) is 17.3 Å². The predicted molar refractivity (Wildman–Crippen MR) is 71.4 cm³/mol. The number of pyridine rings is 1. The number of rotatable bonds is 6. The maximum Gasteiger partial charge on any atom is 0.129 e. The van der Waals surface area contributed by atoms with E-state index in [1.54, 1.807) is 0 Å². The Balaban J connectivity index is 2.91. The van der Waals surface area contributed by atoms with Crippen molar-refractivity contribution < 1.29 is 0 Å². The van der Waals surface area contributed by atoms with Gasteiger partial charge in [0, 0.05) is 24.7 Å². The molecule has 0 spiro atoms. The number of alkyl halides is 1. The van der Waals surface area contributed by atoms with Crippen LogP contribution in [0.1, 0.15) is 32.3 Å². The maximum atomic E-state index is 5.87. The number of aryl methyl sites for hydroxylation is 1. The monoisotopic (exact) mass is 240 g/mol. The van der Waals surface area contributed by atoms with Gasteiger partial charge in [-0.15, -0.1) is 11.6 Å². The molecule has 1 rings (SSSR count). The molecule has 0 atom stereocenters. The Labute approximate surface area is 104 Å². The van der Waals surface area contributed by atoms with Gasteiger partial charge < -0.3 is 4.90 Å². The van der Waals surface area contributed by atoms with Crippen molar-refractivity contribution >= 4 is 17.4 Å². The number of halogens is 1. The summed E-state index contributed by atoms with van der Waals surface area (Å²) in [5.74, 6) is 1.70. The Morgan fingerprint density at radius 3 is 2.56 bits per heavy atom. The summed E-state index contributed by atoms with van der Waals surface area (Å²) in [4.78, 5) is 6.76.